The zero-order valence-electron chi connectivity index (χ0n) is 19.0. The van der Waals surface area contributed by atoms with Crippen molar-refractivity contribution in [1.29, 1.82) is 0 Å². The Kier molecular flexibility index (Phi) is 7.25. The molecular weight excluding hydrogens is 484 g/mol. The Morgan fingerprint density at radius 3 is 2.60 bits per heavy atom. The van der Waals surface area contributed by atoms with E-state index in [9.17, 15) is 9.59 Å². The number of rotatable bonds is 7. The number of aromatic nitrogens is 1. The molecule has 0 radical (unpaired) electrons. The van der Waals surface area contributed by atoms with Gasteiger partial charge >= 0.3 is 0 Å². The summed E-state index contributed by atoms with van der Waals surface area (Å²) in [5.74, 6) is 0.274. The van der Waals surface area contributed by atoms with E-state index in [1.165, 1.54) is 0 Å². The highest BCUT2D eigenvalue weighted by Gasteiger charge is 2.23. The van der Waals surface area contributed by atoms with Gasteiger partial charge in [-0.3, -0.25) is 14.7 Å². The van der Waals surface area contributed by atoms with Gasteiger partial charge in [0.15, 0.2) is 6.29 Å². The molecule has 5 N–H and O–H groups in total. The van der Waals surface area contributed by atoms with Gasteiger partial charge in [-0.2, -0.15) is 0 Å². The molecule has 4 rings (SSSR count). The quantitative estimate of drug-likeness (QED) is 0.131. The van der Waals surface area contributed by atoms with Crippen LogP contribution in [0, 0.1) is 6.92 Å². The molecule has 0 saturated carbocycles. The van der Waals surface area contributed by atoms with Gasteiger partial charge in [-0.25, -0.2) is 4.98 Å². The molecule has 178 valence electrons. The number of nitrogens with two attached hydrogens (primary N) is 2. The van der Waals surface area contributed by atoms with Crippen LogP contribution in [0.15, 0.2) is 75.0 Å². The highest BCUT2D eigenvalue weighted by molar-refractivity contribution is 7.97. The van der Waals surface area contributed by atoms with Crippen molar-refractivity contribution in [1.82, 2.24) is 4.98 Å². The van der Waals surface area contributed by atoms with E-state index in [1.54, 1.807) is 18.2 Å². The number of nitrogens with one attached hydrogen (secondary N) is 1. The Bertz CT molecular complexity index is 1500. The number of hydrogen-bond acceptors (Lipinski definition) is 8. The third kappa shape index (κ3) is 4.81. The lowest BCUT2D eigenvalue weighted by Gasteiger charge is -2.20. The molecule has 2 heterocycles. The van der Waals surface area contributed by atoms with Crippen LogP contribution >= 0.6 is 23.5 Å². The number of carbonyl (C=O) groups is 1. The van der Waals surface area contributed by atoms with Crippen LogP contribution in [0.4, 0.5) is 5.69 Å². The summed E-state index contributed by atoms with van der Waals surface area (Å²) in [6, 6.07) is 16.0. The topological polar surface area (TPSA) is 124 Å². The van der Waals surface area contributed by atoms with Crippen molar-refractivity contribution in [3.63, 3.8) is 0 Å². The molecule has 35 heavy (non-hydrogen) atoms. The van der Waals surface area contributed by atoms with Gasteiger partial charge in [0.05, 0.1) is 22.7 Å². The molecule has 7 nitrogen and oxygen atoms in total. The van der Waals surface area contributed by atoms with Crippen LogP contribution in [0.25, 0.3) is 27.9 Å². The maximum atomic E-state index is 13.7. The van der Waals surface area contributed by atoms with E-state index in [2.05, 4.69) is 10.3 Å². The Hall–Kier alpha value is -3.59. The predicted octanol–water partition coefficient (Wildman–Crippen LogP) is 5.45. The molecule has 0 spiro atoms. The predicted molar refractivity (Wildman–Crippen MR) is 142 cm³/mol. The van der Waals surface area contributed by atoms with E-state index in [0.29, 0.717) is 38.7 Å². The Morgan fingerprint density at radius 1 is 1.20 bits per heavy atom. The molecule has 0 amide bonds. The molecule has 2 aromatic heterocycles. The fraction of sp³-hybridized carbons (Fsp3) is 0.115. The monoisotopic (exact) mass is 506 g/mol. The van der Waals surface area contributed by atoms with Crippen LogP contribution in [0.5, 0.6) is 0 Å². The maximum absolute atomic E-state index is 13.7. The number of benzene rings is 2. The van der Waals surface area contributed by atoms with Crippen LogP contribution in [0.1, 0.15) is 29.7 Å². The molecule has 0 bridgehead atoms. The van der Waals surface area contributed by atoms with E-state index in [-0.39, 0.29) is 28.4 Å². The van der Waals surface area contributed by atoms with Crippen molar-refractivity contribution < 1.29 is 9.21 Å². The number of fused-ring (bicyclic) bond motifs is 1. The second-order valence-corrected chi connectivity index (χ2v) is 8.95. The number of aryl methyl sites for hydroxylation is 1. The summed E-state index contributed by atoms with van der Waals surface area (Å²) < 4.78 is 6.40. The molecule has 2 aromatic carbocycles. The number of anilines is 1. The van der Waals surface area contributed by atoms with Crippen LogP contribution < -0.4 is 21.6 Å². The lowest BCUT2D eigenvalue weighted by molar-refractivity contribution is -0.103. The zero-order valence-corrected chi connectivity index (χ0v) is 20.6. The minimum absolute atomic E-state index is 0.0607. The lowest BCUT2D eigenvalue weighted by Crippen LogP contribution is -2.15. The largest absolute Gasteiger partial charge is 0.455 e. The van der Waals surface area contributed by atoms with E-state index in [0.717, 1.165) is 29.3 Å². The minimum atomic E-state index is -0.336. The number of pyridine rings is 1. The number of nitrogens with zero attached hydrogens (tertiary/aromatic N) is 1. The maximum Gasteiger partial charge on any atom is 0.201 e. The van der Waals surface area contributed by atoms with Gasteiger partial charge < -0.3 is 15.5 Å². The molecule has 0 fully saturated rings. The van der Waals surface area contributed by atoms with Gasteiger partial charge in [0.2, 0.25) is 5.43 Å². The number of aldehydes is 1. The molecule has 1 atom stereocenters. The number of hydrogen-bond donors (Lipinski definition) is 3. The molecule has 0 saturated heterocycles. The highest BCUT2D eigenvalue weighted by Crippen LogP contribution is 2.35. The second-order valence-electron chi connectivity index (χ2n) is 7.94. The Labute approximate surface area is 211 Å². The standard InChI is InChI=1S/C26H23ClN4O3S/c1-14-10-18(15(2)30-20-8-9-21(27)31-26(20)35-29)25-19(11-14)23(33)22(17(12-28)13-32)24(34-25)16-6-4-3-5-7-16/h3-13,15,30H,28-29H2,1-2H3/b17-12+. The molecule has 4 aromatic rings. The van der Waals surface area contributed by atoms with Crippen LogP contribution in [0.3, 0.4) is 0 Å². The molecular formula is C26H23ClN4O3S. The van der Waals surface area contributed by atoms with E-state index in [1.807, 2.05) is 50.2 Å². The summed E-state index contributed by atoms with van der Waals surface area (Å²) in [6.45, 7) is 3.84. The molecule has 0 aliphatic heterocycles. The minimum Gasteiger partial charge on any atom is -0.455 e. The average Bonchev–Trinajstić information content (AvgIpc) is 2.87. The van der Waals surface area contributed by atoms with E-state index < -0.39 is 0 Å². The fourth-order valence-electron chi connectivity index (χ4n) is 3.96. The second kappa shape index (κ2) is 10.4. The van der Waals surface area contributed by atoms with Crippen LogP contribution in [-0.4, -0.2) is 11.3 Å². The van der Waals surface area contributed by atoms with Crippen molar-refractivity contribution in [3.8, 4) is 11.3 Å². The summed E-state index contributed by atoms with van der Waals surface area (Å²) in [6.07, 6.45) is 1.68. The average molecular weight is 507 g/mol. The molecule has 0 aliphatic rings. The van der Waals surface area contributed by atoms with Crippen molar-refractivity contribution in [2.75, 3.05) is 5.32 Å². The van der Waals surface area contributed by atoms with Crippen molar-refractivity contribution >= 4 is 52.1 Å². The first kappa shape index (κ1) is 24.5. The molecule has 9 heteroatoms. The SMILES string of the molecule is Cc1cc(C(C)Nc2ccc(Cl)nc2SN)c2oc(-c3ccccc3)c(/C(C=O)=C/N)c(=O)c2c1. The van der Waals surface area contributed by atoms with Crippen molar-refractivity contribution in [3.05, 3.63) is 92.9 Å². The number of carbonyl (C=O) groups excluding carboxylic acids is 1. The Morgan fingerprint density at radius 2 is 1.94 bits per heavy atom. The first-order valence-electron chi connectivity index (χ1n) is 10.7. The third-order valence-electron chi connectivity index (χ3n) is 5.57. The van der Waals surface area contributed by atoms with Crippen molar-refractivity contribution in [2.24, 2.45) is 10.9 Å². The summed E-state index contributed by atoms with van der Waals surface area (Å²) in [5, 5.41) is 10.4. The van der Waals surface area contributed by atoms with Gasteiger partial charge in [-0.05, 0) is 49.6 Å². The number of allylic oxidation sites excluding steroid dienone is 1. The summed E-state index contributed by atoms with van der Waals surface area (Å²) in [4.78, 5) is 29.7. The van der Waals surface area contributed by atoms with Crippen molar-refractivity contribution in [2.45, 2.75) is 24.9 Å². The van der Waals surface area contributed by atoms with Gasteiger partial charge in [-0.1, -0.05) is 48.0 Å². The van der Waals surface area contributed by atoms with Crippen LogP contribution in [-0.2, 0) is 4.79 Å². The first-order chi connectivity index (χ1) is 16.9. The van der Waals surface area contributed by atoms with Gasteiger partial charge in [0, 0.05) is 22.9 Å². The summed E-state index contributed by atoms with van der Waals surface area (Å²) in [7, 11) is 0. The fourth-order valence-corrected chi connectivity index (χ4v) is 4.56. The number of halogens is 1. The zero-order chi connectivity index (χ0) is 25.1. The normalized spacial score (nSPS) is 12.5. The lowest BCUT2D eigenvalue weighted by atomic mass is 9.96. The molecule has 1 unspecified atom stereocenters. The molecule has 0 aliphatic carbocycles. The van der Waals surface area contributed by atoms with Crippen LogP contribution in [0.2, 0.25) is 5.15 Å². The third-order valence-corrected chi connectivity index (χ3v) is 6.32. The van der Waals surface area contributed by atoms with E-state index >= 15 is 0 Å². The highest BCUT2D eigenvalue weighted by atomic mass is 35.5. The van der Waals surface area contributed by atoms with Gasteiger partial charge in [-0.15, -0.1) is 0 Å². The first-order valence-corrected chi connectivity index (χ1v) is 12.0. The van der Waals surface area contributed by atoms with Gasteiger partial charge in [0.1, 0.15) is 21.5 Å². The Balaban J connectivity index is 1.97. The smallest absolute Gasteiger partial charge is 0.201 e. The summed E-state index contributed by atoms with van der Waals surface area (Å²) in [5.41, 5.74) is 8.92. The summed E-state index contributed by atoms with van der Waals surface area (Å²) >= 11 is 6.99. The van der Waals surface area contributed by atoms with E-state index in [4.69, 9.17) is 26.9 Å². The van der Waals surface area contributed by atoms with Gasteiger partial charge in [0.25, 0.3) is 0 Å².